The Balaban J connectivity index is 1.70. The van der Waals surface area contributed by atoms with Gasteiger partial charge in [0, 0.05) is 29.9 Å². The van der Waals surface area contributed by atoms with Crippen molar-refractivity contribution in [3.05, 3.63) is 82.3 Å². The van der Waals surface area contributed by atoms with Crippen molar-refractivity contribution in [2.45, 2.75) is 39.3 Å². The Hall–Kier alpha value is -2.33. The molecular weight excluding hydrogens is 340 g/mol. The number of aromatic nitrogens is 1. The Labute approximate surface area is 159 Å². The van der Waals surface area contributed by atoms with Gasteiger partial charge in [0.15, 0.2) is 0 Å². The summed E-state index contributed by atoms with van der Waals surface area (Å²) in [5.74, 6) is 0.216. The number of benzene rings is 1. The minimum absolute atomic E-state index is 0.216. The molecule has 0 saturated carbocycles. The van der Waals surface area contributed by atoms with Gasteiger partial charge in [0.2, 0.25) is 5.91 Å². The van der Waals surface area contributed by atoms with E-state index in [1.165, 1.54) is 11.3 Å². The molecule has 0 atom stereocenters. The van der Waals surface area contributed by atoms with Gasteiger partial charge in [-0.05, 0) is 35.6 Å². The molecule has 1 aromatic carbocycles. The minimum Gasteiger partial charge on any atom is -0.345 e. The van der Waals surface area contributed by atoms with Crippen molar-refractivity contribution >= 4 is 17.2 Å². The highest BCUT2D eigenvalue weighted by Gasteiger charge is 2.16. The molecule has 2 heterocycles. The lowest BCUT2D eigenvalue weighted by atomic mass is 10.2. The topological polar surface area (TPSA) is 25.2 Å². The van der Waals surface area contributed by atoms with Crippen LogP contribution in [0.2, 0.25) is 0 Å². The maximum Gasteiger partial charge on any atom is 0.228 e. The van der Waals surface area contributed by atoms with Crippen LogP contribution in [0.4, 0.5) is 0 Å². The lowest BCUT2D eigenvalue weighted by molar-refractivity contribution is -0.131. The first-order chi connectivity index (χ1) is 12.8. The summed E-state index contributed by atoms with van der Waals surface area (Å²) in [5.41, 5.74) is 2.46. The van der Waals surface area contributed by atoms with E-state index in [0.717, 1.165) is 30.8 Å². The number of hydrogen-bond donors (Lipinski definition) is 0. The summed E-state index contributed by atoms with van der Waals surface area (Å²) in [5, 5.41) is 2.03. The number of thiophene rings is 1. The van der Waals surface area contributed by atoms with Crippen molar-refractivity contribution in [2.24, 2.45) is 0 Å². The van der Waals surface area contributed by atoms with E-state index in [1.807, 2.05) is 28.5 Å². The molecule has 0 fully saturated rings. The molecule has 3 nitrogen and oxygen atoms in total. The van der Waals surface area contributed by atoms with Crippen LogP contribution in [-0.4, -0.2) is 21.9 Å². The fraction of sp³-hybridized carbons (Fsp3) is 0.318. The lowest BCUT2D eigenvalue weighted by Gasteiger charge is -2.23. The van der Waals surface area contributed by atoms with Gasteiger partial charge >= 0.3 is 0 Å². The zero-order valence-corrected chi connectivity index (χ0v) is 16.1. The summed E-state index contributed by atoms with van der Waals surface area (Å²) in [6.07, 6.45) is 4.73. The Morgan fingerprint density at radius 2 is 1.92 bits per heavy atom. The first-order valence-electron chi connectivity index (χ1n) is 9.24. The zero-order chi connectivity index (χ0) is 18.2. The maximum absolute atomic E-state index is 12.8. The molecule has 26 heavy (non-hydrogen) atoms. The van der Waals surface area contributed by atoms with Crippen LogP contribution < -0.4 is 0 Å². The van der Waals surface area contributed by atoms with E-state index in [-0.39, 0.29) is 5.91 Å². The predicted octanol–water partition coefficient (Wildman–Crippen LogP) is 4.97. The van der Waals surface area contributed by atoms with Gasteiger partial charge in [0.25, 0.3) is 0 Å². The standard InChI is InChI=1S/C22H26N2OS/c1-2-3-13-24(22(25)16-21-12-8-15-26-21)18-20-11-7-14-23(20)17-19-9-5-4-6-10-19/h4-12,14-15H,2-3,13,16-18H2,1H3. The SMILES string of the molecule is CCCCN(Cc1cccn1Cc1ccccc1)C(=O)Cc1cccs1. The van der Waals surface area contributed by atoms with E-state index in [0.29, 0.717) is 13.0 Å². The Morgan fingerprint density at radius 1 is 1.08 bits per heavy atom. The van der Waals surface area contributed by atoms with Crippen LogP contribution in [0.25, 0.3) is 0 Å². The fourth-order valence-corrected chi connectivity index (χ4v) is 3.73. The molecule has 3 aromatic rings. The summed E-state index contributed by atoms with van der Waals surface area (Å²) < 4.78 is 2.24. The average Bonchev–Trinajstić information content (AvgIpc) is 3.31. The molecule has 2 aromatic heterocycles. The third-order valence-corrected chi connectivity index (χ3v) is 5.39. The van der Waals surface area contributed by atoms with E-state index in [4.69, 9.17) is 0 Å². The van der Waals surface area contributed by atoms with Gasteiger partial charge in [-0.25, -0.2) is 0 Å². The number of hydrogen-bond acceptors (Lipinski definition) is 2. The molecule has 0 saturated heterocycles. The first-order valence-corrected chi connectivity index (χ1v) is 10.1. The fourth-order valence-electron chi connectivity index (χ4n) is 3.04. The van der Waals surface area contributed by atoms with E-state index >= 15 is 0 Å². The van der Waals surface area contributed by atoms with Crippen LogP contribution in [0.1, 0.15) is 35.9 Å². The first kappa shape index (κ1) is 18.5. The third-order valence-electron chi connectivity index (χ3n) is 4.51. The van der Waals surface area contributed by atoms with Crippen LogP contribution >= 0.6 is 11.3 Å². The molecule has 0 radical (unpaired) electrons. The van der Waals surface area contributed by atoms with Gasteiger partial charge in [-0.15, -0.1) is 11.3 Å². The molecule has 0 unspecified atom stereocenters. The zero-order valence-electron chi connectivity index (χ0n) is 15.3. The van der Waals surface area contributed by atoms with Gasteiger partial charge in [0.1, 0.15) is 0 Å². The summed E-state index contributed by atoms with van der Waals surface area (Å²) in [7, 11) is 0. The Kier molecular flexibility index (Phi) is 6.67. The second kappa shape index (κ2) is 9.39. The van der Waals surface area contributed by atoms with Crippen molar-refractivity contribution in [2.75, 3.05) is 6.54 Å². The molecule has 0 bridgehead atoms. The molecule has 136 valence electrons. The molecule has 1 amide bonds. The number of carbonyl (C=O) groups excluding carboxylic acids is 1. The van der Waals surface area contributed by atoms with Crippen molar-refractivity contribution < 1.29 is 4.79 Å². The number of rotatable bonds is 9. The Morgan fingerprint density at radius 3 is 2.65 bits per heavy atom. The van der Waals surface area contributed by atoms with Crippen molar-refractivity contribution in [1.82, 2.24) is 9.47 Å². The number of unbranched alkanes of at least 4 members (excludes halogenated alkanes) is 1. The summed E-state index contributed by atoms with van der Waals surface area (Å²) in [6.45, 7) is 4.49. The van der Waals surface area contributed by atoms with Gasteiger partial charge in [0.05, 0.1) is 13.0 Å². The Bertz CT molecular complexity index is 793. The van der Waals surface area contributed by atoms with Gasteiger partial charge in [-0.1, -0.05) is 49.7 Å². The van der Waals surface area contributed by atoms with E-state index < -0.39 is 0 Å². The molecule has 0 N–H and O–H groups in total. The molecule has 0 aliphatic carbocycles. The third kappa shape index (κ3) is 5.09. The summed E-state index contributed by atoms with van der Waals surface area (Å²) in [6, 6.07) is 18.7. The molecule has 0 aliphatic rings. The normalized spacial score (nSPS) is 10.8. The highest BCUT2D eigenvalue weighted by Crippen LogP contribution is 2.15. The van der Waals surface area contributed by atoms with E-state index in [9.17, 15) is 4.79 Å². The minimum atomic E-state index is 0.216. The number of amides is 1. The van der Waals surface area contributed by atoms with Gasteiger partial charge in [-0.3, -0.25) is 4.79 Å². The highest BCUT2D eigenvalue weighted by molar-refractivity contribution is 7.10. The number of carbonyl (C=O) groups is 1. The highest BCUT2D eigenvalue weighted by atomic mass is 32.1. The predicted molar refractivity (Wildman–Crippen MR) is 108 cm³/mol. The van der Waals surface area contributed by atoms with Crippen molar-refractivity contribution in [1.29, 1.82) is 0 Å². The smallest absolute Gasteiger partial charge is 0.228 e. The number of nitrogens with zero attached hydrogens (tertiary/aromatic N) is 2. The van der Waals surface area contributed by atoms with Crippen LogP contribution in [0.3, 0.4) is 0 Å². The van der Waals surface area contributed by atoms with Gasteiger partial charge in [-0.2, -0.15) is 0 Å². The lowest BCUT2D eigenvalue weighted by Crippen LogP contribution is -2.33. The molecule has 3 rings (SSSR count). The quantitative estimate of drug-likeness (QED) is 0.525. The summed E-state index contributed by atoms with van der Waals surface area (Å²) >= 11 is 1.65. The van der Waals surface area contributed by atoms with Crippen molar-refractivity contribution in [3.8, 4) is 0 Å². The molecular formula is C22H26N2OS. The van der Waals surface area contributed by atoms with Crippen LogP contribution in [0.5, 0.6) is 0 Å². The van der Waals surface area contributed by atoms with Crippen LogP contribution in [0.15, 0.2) is 66.2 Å². The van der Waals surface area contributed by atoms with E-state index in [2.05, 4.69) is 54.1 Å². The second-order valence-corrected chi connectivity index (χ2v) is 7.57. The summed E-state index contributed by atoms with van der Waals surface area (Å²) in [4.78, 5) is 16.0. The second-order valence-electron chi connectivity index (χ2n) is 6.54. The van der Waals surface area contributed by atoms with E-state index in [1.54, 1.807) is 11.3 Å². The van der Waals surface area contributed by atoms with Gasteiger partial charge < -0.3 is 9.47 Å². The average molecular weight is 367 g/mol. The van der Waals surface area contributed by atoms with Crippen LogP contribution in [-0.2, 0) is 24.3 Å². The molecule has 4 heteroatoms. The molecule has 0 spiro atoms. The molecule has 0 aliphatic heterocycles. The monoisotopic (exact) mass is 366 g/mol. The van der Waals surface area contributed by atoms with Crippen LogP contribution in [0, 0.1) is 0 Å². The van der Waals surface area contributed by atoms with Crippen molar-refractivity contribution in [3.63, 3.8) is 0 Å². The maximum atomic E-state index is 12.8. The largest absolute Gasteiger partial charge is 0.345 e.